The Morgan fingerprint density at radius 1 is 0.881 bits per heavy atom. The second kappa shape index (κ2) is 13.4. The average molecular weight is 595 g/mol. The molecule has 0 aliphatic heterocycles. The fourth-order valence-corrected chi connectivity index (χ4v) is 5.45. The van der Waals surface area contributed by atoms with Crippen molar-refractivity contribution in [2.45, 2.75) is 112 Å². The van der Waals surface area contributed by atoms with Crippen LogP contribution in [0.1, 0.15) is 75.7 Å². The Hall–Kier alpha value is -2.56. The quantitative estimate of drug-likeness (QED) is 0.237. The Morgan fingerprint density at radius 2 is 1.33 bits per heavy atom. The molecule has 0 spiro atoms. The summed E-state index contributed by atoms with van der Waals surface area (Å²) in [5.74, 6) is -7.44. The van der Waals surface area contributed by atoms with E-state index in [2.05, 4.69) is 6.58 Å². The first-order chi connectivity index (χ1) is 19.2. The molecule has 10 heteroatoms. The second-order valence-corrected chi connectivity index (χ2v) is 13.6. The Balaban J connectivity index is 2.95. The molecule has 42 heavy (non-hydrogen) atoms. The van der Waals surface area contributed by atoms with Crippen LogP contribution in [0.2, 0.25) is 0 Å². The van der Waals surface area contributed by atoms with E-state index in [4.69, 9.17) is 14.2 Å². The van der Waals surface area contributed by atoms with Crippen molar-refractivity contribution in [3.63, 3.8) is 0 Å². The summed E-state index contributed by atoms with van der Waals surface area (Å²) < 4.78 is 17.5. The van der Waals surface area contributed by atoms with Crippen molar-refractivity contribution < 1.29 is 48.7 Å². The molecule has 0 amide bonds. The van der Waals surface area contributed by atoms with Crippen LogP contribution in [-0.4, -0.2) is 75.1 Å². The van der Waals surface area contributed by atoms with Crippen molar-refractivity contribution in [2.75, 3.05) is 0 Å². The highest BCUT2D eigenvalue weighted by Crippen LogP contribution is 2.48. The molecule has 2 aliphatic carbocycles. The third-order valence-electron chi connectivity index (χ3n) is 8.37. The van der Waals surface area contributed by atoms with Crippen LogP contribution in [-0.2, 0) is 33.4 Å². The van der Waals surface area contributed by atoms with Gasteiger partial charge < -0.3 is 29.5 Å². The van der Waals surface area contributed by atoms with E-state index in [0.29, 0.717) is 0 Å². The number of aliphatic hydroxyl groups is 3. The lowest BCUT2D eigenvalue weighted by Gasteiger charge is -2.43. The van der Waals surface area contributed by atoms with Gasteiger partial charge in [0.15, 0.2) is 18.0 Å². The van der Waals surface area contributed by atoms with Gasteiger partial charge in [0.1, 0.15) is 17.8 Å². The van der Waals surface area contributed by atoms with Crippen molar-refractivity contribution in [3.8, 4) is 0 Å². The fraction of sp³-hybridized carbons (Fsp3) is 0.750. The van der Waals surface area contributed by atoms with Crippen LogP contribution in [0.25, 0.3) is 0 Å². The molecule has 3 N–H and O–H groups in total. The van der Waals surface area contributed by atoms with Crippen LogP contribution in [0, 0.1) is 40.9 Å². The van der Waals surface area contributed by atoms with Crippen molar-refractivity contribution in [1.29, 1.82) is 0 Å². The summed E-state index contributed by atoms with van der Waals surface area (Å²) in [4.78, 5) is 52.9. The molecule has 0 heterocycles. The first-order valence-electron chi connectivity index (χ1n) is 14.8. The summed E-state index contributed by atoms with van der Waals surface area (Å²) >= 11 is 0. The molecule has 0 aromatic heterocycles. The van der Waals surface area contributed by atoms with E-state index in [1.807, 2.05) is 0 Å². The summed E-state index contributed by atoms with van der Waals surface area (Å²) in [5, 5.41) is 35.1. The third kappa shape index (κ3) is 7.32. The van der Waals surface area contributed by atoms with Gasteiger partial charge in [-0.3, -0.25) is 19.2 Å². The minimum atomic E-state index is -2.15. The number of carbonyl (C=O) groups is 4. The molecule has 0 bridgehead atoms. The number of ether oxygens (including phenoxy) is 3. The number of carbonyl (C=O) groups excluding carboxylic acids is 4. The van der Waals surface area contributed by atoms with E-state index in [0.717, 1.165) is 0 Å². The number of fused-ring (bicyclic) bond motifs is 1. The number of hydrogen-bond acceptors (Lipinski definition) is 10. The maximum absolute atomic E-state index is 13.9. The van der Waals surface area contributed by atoms with Gasteiger partial charge in [-0.1, -0.05) is 88.0 Å². The molecule has 1 saturated carbocycles. The molecule has 10 nitrogen and oxygen atoms in total. The first kappa shape index (κ1) is 35.6. The Bertz CT molecular complexity index is 1070. The van der Waals surface area contributed by atoms with Gasteiger partial charge in [0.25, 0.3) is 0 Å². The minimum Gasteiger partial charge on any atom is -0.457 e. The molecule has 1 fully saturated rings. The summed E-state index contributed by atoms with van der Waals surface area (Å²) in [7, 11) is 0. The SMILES string of the molecule is C=C1[C@H](OC(=O)C(C)C)[C@@H](OC(=O)C(C)C)[C@@H](O)C(C)(C)/C=C/[C@H](C)C(=O)[C@@]2(O)C[C@H](C)[C@H](O)[C@@H]2[C@H]1OC(=O)C(C)C. The number of esters is 3. The van der Waals surface area contributed by atoms with E-state index in [-0.39, 0.29) is 12.0 Å². The number of ketones is 1. The Kier molecular flexibility index (Phi) is 11.4. The van der Waals surface area contributed by atoms with Gasteiger partial charge in [-0.2, -0.15) is 0 Å². The normalized spacial score (nSPS) is 36.2. The summed E-state index contributed by atoms with van der Waals surface area (Å²) in [6.45, 7) is 20.3. The maximum atomic E-state index is 13.9. The number of Topliss-reactive ketones (excluding diaryl/α,β-unsaturated/α-hetero) is 1. The first-order valence-corrected chi connectivity index (χ1v) is 14.8. The second-order valence-electron chi connectivity index (χ2n) is 13.6. The molecule has 2 aliphatic rings. The lowest BCUT2D eigenvalue weighted by molar-refractivity contribution is -0.187. The van der Waals surface area contributed by atoms with Crippen molar-refractivity contribution in [1.82, 2.24) is 0 Å². The third-order valence-corrected chi connectivity index (χ3v) is 8.37. The lowest BCUT2D eigenvalue weighted by Crippen LogP contribution is -2.57. The minimum absolute atomic E-state index is 0.118. The molecular formula is C32H50O10. The summed E-state index contributed by atoms with van der Waals surface area (Å²) in [5.41, 5.74) is -3.44. The number of allylic oxidation sites excluding steroid dienone is 1. The van der Waals surface area contributed by atoms with Crippen LogP contribution < -0.4 is 0 Å². The van der Waals surface area contributed by atoms with Gasteiger partial charge >= 0.3 is 17.9 Å². The average Bonchev–Trinajstić information content (AvgIpc) is 3.13. The van der Waals surface area contributed by atoms with Gasteiger partial charge in [0.05, 0.1) is 29.8 Å². The predicted octanol–water partition coefficient (Wildman–Crippen LogP) is 3.16. The van der Waals surface area contributed by atoms with Crippen LogP contribution in [0.5, 0.6) is 0 Å². The number of hydrogen-bond donors (Lipinski definition) is 3. The zero-order valence-corrected chi connectivity index (χ0v) is 26.6. The van der Waals surface area contributed by atoms with Gasteiger partial charge in [0.2, 0.25) is 0 Å². The Morgan fingerprint density at radius 3 is 1.81 bits per heavy atom. The molecule has 0 aromatic carbocycles. The lowest BCUT2D eigenvalue weighted by atomic mass is 9.72. The van der Waals surface area contributed by atoms with Crippen molar-refractivity contribution in [2.24, 2.45) is 40.9 Å². The molecule has 0 saturated heterocycles. The van der Waals surface area contributed by atoms with Crippen LogP contribution in [0.4, 0.5) is 0 Å². The molecule has 2 rings (SSSR count). The highest BCUT2D eigenvalue weighted by molar-refractivity contribution is 5.91. The van der Waals surface area contributed by atoms with Crippen LogP contribution in [0.3, 0.4) is 0 Å². The van der Waals surface area contributed by atoms with Crippen molar-refractivity contribution >= 4 is 23.7 Å². The van der Waals surface area contributed by atoms with Gasteiger partial charge in [-0.05, 0) is 12.3 Å². The van der Waals surface area contributed by atoms with Gasteiger partial charge in [-0.15, -0.1) is 0 Å². The van der Waals surface area contributed by atoms with Crippen LogP contribution >= 0.6 is 0 Å². The number of aliphatic hydroxyl groups excluding tert-OH is 2. The summed E-state index contributed by atoms with van der Waals surface area (Å²) in [6.07, 6.45) is -4.45. The summed E-state index contributed by atoms with van der Waals surface area (Å²) in [6, 6.07) is 0. The predicted molar refractivity (Wildman–Crippen MR) is 155 cm³/mol. The van der Waals surface area contributed by atoms with E-state index >= 15 is 0 Å². The Labute approximate surface area is 249 Å². The highest BCUT2D eigenvalue weighted by Gasteiger charge is 2.61. The zero-order chi connectivity index (χ0) is 32.5. The number of rotatable bonds is 6. The van der Waals surface area contributed by atoms with Crippen molar-refractivity contribution in [3.05, 3.63) is 24.3 Å². The largest absolute Gasteiger partial charge is 0.457 e. The zero-order valence-electron chi connectivity index (χ0n) is 26.6. The maximum Gasteiger partial charge on any atom is 0.309 e. The fourth-order valence-electron chi connectivity index (χ4n) is 5.45. The van der Waals surface area contributed by atoms with Crippen LogP contribution in [0.15, 0.2) is 24.3 Å². The molecular weight excluding hydrogens is 544 g/mol. The molecule has 0 radical (unpaired) electrons. The molecule has 0 aromatic rings. The van der Waals surface area contributed by atoms with Gasteiger partial charge in [-0.25, -0.2) is 0 Å². The molecule has 0 unspecified atom stereocenters. The highest BCUT2D eigenvalue weighted by atomic mass is 16.6. The van der Waals surface area contributed by atoms with Gasteiger partial charge in [0, 0.05) is 16.9 Å². The topological polar surface area (TPSA) is 157 Å². The van der Waals surface area contributed by atoms with E-state index < -0.39 is 101 Å². The van der Waals surface area contributed by atoms with E-state index in [9.17, 15) is 34.5 Å². The van der Waals surface area contributed by atoms with E-state index in [1.54, 1.807) is 75.3 Å². The molecule has 238 valence electrons. The monoisotopic (exact) mass is 594 g/mol. The van der Waals surface area contributed by atoms with E-state index in [1.165, 1.54) is 6.08 Å². The smallest absolute Gasteiger partial charge is 0.309 e. The standard InChI is InChI=1S/C32H50O10/c1-15(2)28(36)40-23-20(9)24(41-29(37)16(3)4)25(42-30(38)17(5)6)27(35)31(10,11)13-12-18(7)26(34)32(39)14-19(8)22(33)21(23)32/h12-13,15-19,21-25,27,33,35,39H,9,14H2,1-8,10-11H3/b13-12+/t18-,19-,21+,22-,23-,24-,25+,27+,32+/m0/s1. The molecule has 9 atom stereocenters.